The zero-order valence-electron chi connectivity index (χ0n) is 61.0. The molecule has 0 heterocycles. The average molecular weight is 1830 g/mol. The molecule has 80 nitrogen and oxygen atoms in total. The molecule has 0 spiro atoms. The van der Waals surface area contributed by atoms with Gasteiger partial charge in [0.1, 0.15) is 19.6 Å². The third-order valence-electron chi connectivity index (χ3n) is 4.50. The molecule has 0 atom stereocenters. The number of rotatable bonds is 6. The summed E-state index contributed by atoms with van der Waals surface area (Å²) >= 11 is 0. The van der Waals surface area contributed by atoms with E-state index in [1.807, 2.05) is 0 Å². The molecular weight excluding hydrogens is 1630 g/mol. The molecule has 151 N–H and O–H groups in total. The molecule has 0 fully saturated rings. The van der Waals surface area contributed by atoms with Gasteiger partial charge in [0, 0.05) is 16.7 Å². The van der Waals surface area contributed by atoms with E-state index in [0.717, 1.165) is 33.1 Å². The van der Waals surface area contributed by atoms with Crippen LogP contribution in [0.25, 0.3) is 0 Å². The van der Waals surface area contributed by atoms with Gasteiger partial charge in [-0.25, -0.2) is 0 Å². The molecule has 80 heteroatoms. The summed E-state index contributed by atoms with van der Waals surface area (Å²) in [5.41, 5.74) is 4.21. The van der Waals surface area contributed by atoms with Crippen LogP contribution in [0.1, 0.15) is 16.7 Å². The van der Waals surface area contributed by atoms with Gasteiger partial charge in [0.15, 0.2) is 0 Å². The van der Waals surface area contributed by atoms with Crippen LogP contribution in [0, 0.1) is 0 Å². The molecule has 3 aromatic rings. The first kappa shape index (κ1) is 1480. The Bertz CT molecular complexity index is 844. The third kappa shape index (κ3) is 942. The van der Waals surface area contributed by atoms with E-state index >= 15 is 0 Å². The standard InChI is InChI=1S/3C10H16N.77H2O/c3*1-11(2,3)9-10-7-5-4-6-8-10;;;;;;;;;;;;;;;;;;;;;;;;;;;;;;;;;;;;;;;;;;;;;;;;;;;;;;;;;;;;;;;;;;;;;;;;;;;;;/h3*4-8H,9H2,1-3H3;77*1H2/q3*+1;;;;;;;;;;;;;;;;;;;;;;;;;;;;;;;;;;;;;;;;;;;;;;;;;;;;;;;;;;;;;;;;;;;;;;;;;;;;;/p-3. The second kappa shape index (κ2) is 698. The summed E-state index contributed by atoms with van der Waals surface area (Å²) in [6.45, 7) is 3.29. The Balaban J connectivity index is -0.00000000147. The Morgan fingerprint density at radius 1 is 0.118 bits per heavy atom. The van der Waals surface area contributed by atoms with E-state index in [0.29, 0.717) is 0 Å². The zero-order valence-corrected chi connectivity index (χ0v) is 61.0. The largest absolute Gasteiger partial charge is 0.870 e. The van der Waals surface area contributed by atoms with Crippen LogP contribution in [-0.2, 0) is 19.6 Å². The minimum atomic E-state index is 0. The molecule has 0 aromatic heterocycles. The first-order valence-electron chi connectivity index (χ1n) is 11.8. The summed E-state index contributed by atoms with van der Waals surface area (Å²) in [4.78, 5) is 0. The van der Waals surface area contributed by atoms with E-state index in [4.69, 9.17) is 0 Å². The zero-order chi connectivity index (χ0) is 25.0. The van der Waals surface area contributed by atoms with Gasteiger partial charge < -0.3 is 435 Å². The molecule has 0 aliphatic carbocycles. The average Bonchev–Trinajstić information content (AvgIpc) is 2.67. The van der Waals surface area contributed by atoms with Crippen LogP contribution in [0.15, 0.2) is 91.0 Å². The Morgan fingerprint density at radius 3 is 0.218 bits per heavy atom. The highest BCUT2D eigenvalue weighted by atomic mass is 16.1. The fraction of sp³-hybridized carbons (Fsp3) is 0.400. The molecule has 110 heavy (non-hydrogen) atoms. The first-order chi connectivity index (χ1) is 15.2. The van der Waals surface area contributed by atoms with E-state index in [-0.39, 0.29) is 422 Å². The number of hydrogen-bond acceptors (Lipinski definition) is 3. The number of hydrogen-bond donors (Lipinski definition) is 0. The van der Waals surface area contributed by atoms with Crippen LogP contribution in [0.5, 0.6) is 0 Å². The predicted molar refractivity (Wildman–Crippen MR) is 418 cm³/mol. The first-order valence-corrected chi connectivity index (χ1v) is 11.8. The van der Waals surface area contributed by atoms with Crippen molar-refractivity contribution in [1.29, 1.82) is 0 Å². The molecule has 0 radical (unpaired) electrons. The predicted octanol–water partition coefficient (Wildman–Crippen LogP) is -55.9. The van der Waals surface area contributed by atoms with Crippen LogP contribution < -0.4 is 0 Å². The van der Waals surface area contributed by atoms with Crippen molar-refractivity contribution in [1.82, 2.24) is 0 Å². The molecule has 0 aliphatic rings. The van der Waals surface area contributed by atoms with Crippen molar-refractivity contribution in [3.63, 3.8) is 0 Å². The molecule has 3 aromatic carbocycles. The lowest BCUT2D eigenvalue weighted by Gasteiger charge is -2.23. The number of benzene rings is 3. The Morgan fingerprint density at radius 2 is 0.173 bits per heavy atom. The molecule has 0 saturated carbocycles. The van der Waals surface area contributed by atoms with Crippen molar-refractivity contribution < 1.29 is 435 Å². The highest BCUT2D eigenvalue weighted by molar-refractivity contribution is 5.14. The molecular formula is C30H199N3O77. The van der Waals surface area contributed by atoms with Gasteiger partial charge >= 0.3 is 0 Å². The van der Waals surface area contributed by atoms with Gasteiger partial charge in [-0.2, -0.15) is 0 Å². The minimum Gasteiger partial charge on any atom is -0.870 e. The van der Waals surface area contributed by atoms with Gasteiger partial charge in [-0.05, 0) is 0 Å². The maximum atomic E-state index is 2.20. The molecule has 3 rings (SSSR count). The van der Waals surface area contributed by atoms with Gasteiger partial charge in [0.05, 0.1) is 63.4 Å². The van der Waals surface area contributed by atoms with Gasteiger partial charge in [-0.3, -0.25) is 0 Å². The van der Waals surface area contributed by atoms with E-state index in [1.165, 1.54) is 16.7 Å². The lowest BCUT2D eigenvalue weighted by atomic mass is 10.2. The minimum absolute atomic E-state index is 0. The Kier molecular flexibility index (Phi) is 9400. The fourth-order valence-electron chi connectivity index (χ4n) is 3.39. The SMILES string of the molecule is C[N+](C)(C)Cc1ccccc1.C[N+](C)(C)Cc1ccccc1.C[N+](C)(C)Cc1ccccc1.O.O.O.O.O.O.O.O.O.O.O.O.O.O.O.O.O.O.O.O.O.O.O.O.O.O.O.O.O.O.O.O.O.O.O.O.O.O.O.O.O.O.O.O.O.O.O.O.O.O.O.O.O.O.O.O.O.O.O.O.O.O.O.O.O.O.O.O.O.O.O.O.O.O.[OH-].[OH-].[OH-]. The normalized spacial score (nSPS) is 3.46. The second-order valence-electron chi connectivity index (χ2n) is 11.8. The summed E-state index contributed by atoms with van der Waals surface area (Å²) in [5, 5.41) is 0. The summed E-state index contributed by atoms with van der Waals surface area (Å²) in [5.74, 6) is 0. The van der Waals surface area contributed by atoms with Crippen LogP contribution in [0.4, 0.5) is 0 Å². The maximum absolute atomic E-state index is 2.20. The van der Waals surface area contributed by atoms with E-state index in [1.54, 1.807) is 0 Å². The molecule has 0 saturated heterocycles. The van der Waals surface area contributed by atoms with Crippen molar-refractivity contribution in [2.75, 3.05) is 63.4 Å². The van der Waals surface area contributed by atoms with Crippen molar-refractivity contribution in [3.8, 4) is 0 Å². The molecule has 0 aliphatic heterocycles. The third-order valence-corrected chi connectivity index (χ3v) is 4.50. The lowest BCUT2D eigenvalue weighted by Crippen LogP contribution is -2.33. The highest BCUT2D eigenvalue weighted by Gasteiger charge is 2.08. The summed E-state index contributed by atoms with van der Waals surface area (Å²) in [7, 11) is 19.8. The fourth-order valence-corrected chi connectivity index (χ4v) is 3.39. The van der Waals surface area contributed by atoms with Crippen molar-refractivity contribution >= 4 is 0 Å². The monoisotopic (exact) mass is 1830 g/mol. The lowest BCUT2D eigenvalue weighted by molar-refractivity contribution is -0.884. The van der Waals surface area contributed by atoms with Gasteiger partial charge in [0.25, 0.3) is 0 Å². The highest BCUT2D eigenvalue weighted by Crippen LogP contribution is 2.07. The summed E-state index contributed by atoms with van der Waals surface area (Å²) in [6.07, 6.45) is 0. The van der Waals surface area contributed by atoms with Gasteiger partial charge in [0.2, 0.25) is 0 Å². The second-order valence-corrected chi connectivity index (χ2v) is 11.8. The van der Waals surface area contributed by atoms with Crippen LogP contribution >= 0.6 is 0 Å². The summed E-state index contributed by atoms with van der Waals surface area (Å²) < 4.78 is 2.97. The van der Waals surface area contributed by atoms with E-state index in [9.17, 15) is 0 Å². The number of nitrogens with zero attached hydrogens (tertiary/aromatic N) is 3. The van der Waals surface area contributed by atoms with Crippen molar-refractivity contribution in [2.45, 2.75) is 19.6 Å². The molecule has 0 amide bonds. The van der Waals surface area contributed by atoms with E-state index in [2.05, 4.69) is 154 Å². The topological polar surface area (TPSA) is 2420 Å². The molecule has 796 valence electrons. The summed E-state index contributed by atoms with van der Waals surface area (Å²) in [6, 6.07) is 31.7. The van der Waals surface area contributed by atoms with Gasteiger partial charge in [-0.1, -0.05) is 91.0 Å². The Hall–Kier alpha value is -5.54. The van der Waals surface area contributed by atoms with Crippen molar-refractivity contribution in [3.05, 3.63) is 108 Å². The molecule has 0 unspecified atom stereocenters. The maximum Gasteiger partial charge on any atom is 0.104 e. The van der Waals surface area contributed by atoms with Crippen LogP contribution in [-0.4, -0.2) is 499 Å². The smallest absolute Gasteiger partial charge is 0.104 e. The quantitative estimate of drug-likeness (QED) is 0.217. The van der Waals surface area contributed by atoms with Gasteiger partial charge in [-0.15, -0.1) is 0 Å². The molecule has 0 bridgehead atoms. The van der Waals surface area contributed by atoms with E-state index < -0.39 is 0 Å². The van der Waals surface area contributed by atoms with Crippen LogP contribution in [0.2, 0.25) is 0 Å². The van der Waals surface area contributed by atoms with Crippen LogP contribution in [0.3, 0.4) is 0 Å². The Labute approximate surface area is 626 Å². The number of quaternary nitrogens is 3. The van der Waals surface area contributed by atoms with Crippen molar-refractivity contribution in [2.24, 2.45) is 0 Å².